The summed E-state index contributed by atoms with van der Waals surface area (Å²) in [6, 6.07) is 4.60. The van der Waals surface area contributed by atoms with E-state index in [4.69, 9.17) is 28.5 Å². The molecule has 0 spiro atoms. The van der Waals surface area contributed by atoms with E-state index in [1.165, 1.54) is 12.3 Å². The number of amides is 1. The molecule has 0 aromatic heterocycles. The van der Waals surface area contributed by atoms with Crippen LogP contribution in [0.4, 0.5) is 18.9 Å². The monoisotopic (exact) mass is 365 g/mol. The maximum Gasteiger partial charge on any atom is 0.417 e. The Balaban J connectivity index is 2.86. The molecule has 0 heterocycles. The molecule has 0 bridgehead atoms. The number of hydrogen-bond acceptors (Lipinski definition) is 3. The van der Waals surface area contributed by atoms with Crippen LogP contribution in [0, 0.1) is 11.3 Å². The molecule has 0 saturated carbocycles. The molecule has 1 aromatic carbocycles. The highest BCUT2D eigenvalue weighted by atomic mass is 35.5. The number of halogens is 5. The van der Waals surface area contributed by atoms with Crippen molar-refractivity contribution >= 4 is 34.8 Å². The number of carbonyl (C=O) groups is 1. The summed E-state index contributed by atoms with van der Waals surface area (Å²) in [7, 11) is 0. The highest BCUT2D eigenvalue weighted by Crippen LogP contribution is 2.36. The van der Waals surface area contributed by atoms with E-state index in [-0.39, 0.29) is 11.3 Å². The van der Waals surface area contributed by atoms with Gasteiger partial charge in [0.1, 0.15) is 11.6 Å². The normalized spacial score (nSPS) is 11.7. The molecular formula is C14H12Cl2F3N3O. The lowest BCUT2D eigenvalue weighted by molar-refractivity contribution is -0.137. The average molecular weight is 366 g/mol. The predicted molar refractivity (Wildman–Crippen MR) is 82.1 cm³/mol. The van der Waals surface area contributed by atoms with Crippen molar-refractivity contribution in [2.45, 2.75) is 12.6 Å². The molecule has 1 rings (SSSR count). The third-order valence-corrected chi connectivity index (χ3v) is 3.19. The van der Waals surface area contributed by atoms with Gasteiger partial charge in [-0.15, -0.1) is 11.6 Å². The summed E-state index contributed by atoms with van der Waals surface area (Å²) in [4.78, 5) is 11.9. The number of nitriles is 1. The van der Waals surface area contributed by atoms with Crippen LogP contribution >= 0.6 is 23.2 Å². The standard InChI is InChI=1S/C14H12Cl2F3N3O/c15-4-1-5-21-8-9(7-20)13(23)22-10-2-3-12(16)11(6-10)14(17,18)19/h2-3,6,8,21H,1,4-5H2,(H,22,23)/b9-8-. The third kappa shape index (κ3) is 6.00. The summed E-state index contributed by atoms with van der Waals surface area (Å²) < 4.78 is 38.2. The van der Waals surface area contributed by atoms with Crippen LogP contribution in [0.15, 0.2) is 30.0 Å². The minimum absolute atomic E-state index is 0.117. The average Bonchev–Trinajstić information content (AvgIpc) is 2.48. The van der Waals surface area contributed by atoms with E-state index >= 15 is 0 Å². The van der Waals surface area contributed by atoms with Gasteiger partial charge >= 0.3 is 6.18 Å². The van der Waals surface area contributed by atoms with Gasteiger partial charge in [0.25, 0.3) is 5.91 Å². The molecule has 9 heteroatoms. The second-order valence-corrected chi connectivity index (χ2v) is 5.10. The molecule has 0 aliphatic heterocycles. The van der Waals surface area contributed by atoms with E-state index < -0.39 is 22.7 Å². The molecule has 0 radical (unpaired) electrons. The summed E-state index contributed by atoms with van der Waals surface area (Å²) in [5, 5.41) is 13.4. The highest BCUT2D eigenvalue weighted by Gasteiger charge is 2.33. The van der Waals surface area contributed by atoms with Crippen molar-refractivity contribution in [3.8, 4) is 6.07 Å². The number of nitrogens with zero attached hydrogens (tertiary/aromatic N) is 1. The van der Waals surface area contributed by atoms with E-state index in [1.54, 1.807) is 6.07 Å². The zero-order valence-electron chi connectivity index (χ0n) is 11.7. The second kappa shape index (κ2) is 8.65. The molecular weight excluding hydrogens is 354 g/mol. The Bertz CT molecular complexity index is 639. The van der Waals surface area contributed by atoms with E-state index in [0.717, 1.165) is 6.07 Å². The SMILES string of the molecule is N#C/C(=C/NCCCCl)C(=O)Nc1ccc(Cl)c(C(F)(F)F)c1. The predicted octanol–water partition coefficient (Wildman–Crippen LogP) is 3.92. The fourth-order valence-electron chi connectivity index (χ4n) is 1.51. The summed E-state index contributed by atoms with van der Waals surface area (Å²) in [5.41, 5.74) is -1.46. The van der Waals surface area contributed by atoms with Crippen LogP contribution in [0.25, 0.3) is 0 Å². The van der Waals surface area contributed by atoms with Gasteiger partial charge in [-0.2, -0.15) is 18.4 Å². The first-order chi connectivity index (χ1) is 10.8. The fraction of sp³-hybridized carbons (Fsp3) is 0.286. The molecule has 0 aliphatic rings. The van der Waals surface area contributed by atoms with Crippen LogP contribution in [0.5, 0.6) is 0 Å². The van der Waals surface area contributed by atoms with Crippen LogP contribution < -0.4 is 10.6 Å². The van der Waals surface area contributed by atoms with E-state index in [2.05, 4.69) is 10.6 Å². The first kappa shape index (κ1) is 19.1. The maximum atomic E-state index is 12.7. The third-order valence-electron chi connectivity index (χ3n) is 2.60. The van der Waals surface area contributed by atoms with Gasteiger partial charge in [-0.25, -0.2) is 0 Å². The zero-order valence-corrected chi connectivity index (χ0v) is 13.2. The quantitative estimate of drug-likeness (QED) is 0.347. The smallest absolute Gasteiger partial charge is 0.390 e. The van der Waals surface area contributed by atoms with Crippen LogP contribution in [-0.4, -0.2) is 18.3 Å². The van der Waals surface area contributed by atoms with Crippen molar-refractivity contribution in [2.24, 2.45) is 0 Å². The minimum Gasteiger partial charge on any atom is -0.390 e. The van der Waals surface area contributed by atoms with Gasteiger partial charge in [-0.1, -0.05) is 11.6 Å². The van der Waals surface area contributed by atoms with Crippen LogP contribution in [0.2, 0.25) is 5.02 Å². The van der Waals surface area contributed by atoms with Crippen LogP contribution in [-0.2, 0) is 11.0 Å². The van der Waals surface area contributed by atoms with Crippen molar-refractivity contribution in [1.29, 1.82) is 5.26 Å². The number of hydrogen-bond donors (Lipinski definition) is 2. The van der Waals surface area contributed by atoms with Gasteiger partial charge in [0.05, 0.1) is 10.6 Å². The first-order valence-corrected chi connectivity index (χ1v) is 7.28. The molecule has 23 heavy (non-hydrogen) atoms. The van der Waals surface area contributed by atoms with Crippen molar-refractivity contribution in [3.05, 3.63) is 40.6 Å². The van der Waals surface area contributed by atoms with Gasteiger partial charge in [0.15, 0.2) is 0 Å². The Hall–Kier alpha value is -1.91. The van der Waals surface area contributed by atoms with Gasteiger partial charge in [-0.05, 0) is 24.6 Å². The van der Waals surface area contributed by atoms with Gasteiger partial charge in [0, 0.05) is 24.3 Å². The van der Waals surface area contributed by atoms with E-state index in [1.807, 2.05) is 0 Å². The number of rotatable bonds is 6. The van der Waals surface area contributed by atoms with E-state index in [9.17, 15) is 18.0 Å². The Kier molecular flexibility index (Phi) is 7.20. The summed E-state index contributed by atoms with van der Waals surface area (Å²) in [6.45, 7) is 0.459. The summed E-state index contributed by atoms with van der Waals surface area (Å²) in [6.07, 6.45) is -2.83. The van der Waals surface area contributed by atoms with Crippen LogP contribution in [0.1, 0.15) is 12.0 Å². The molecule has 0 fully saturated rings. The zero-order chi connectivity index (χ0) is 17.5. The largest absolute Gasteiger partial charge is 0.417 e. The van der Waals surface area contributed by atoms with Gasteiger partial charge in [0.2, 0.25) is 0 Å². The topological polar surface area (TPSA) is 64.9 Å². The van der Waals surface area contributed by atoms with Crippen molar-refractivity contribution in [2.75, 3.05) is 17.7 Å². The molecule has 1 amide bonds. The van der Waals surface area contributed by atoms with Crippen LogP contribution in [0.3, 0.4) is 0 Å². The molecule has 2 N–H and O–H groups in total. The number of nitrogens with one attached hydrogen (secondary N) is 2. The van der Waals surface area contributed by atoms with Crippen molar-refractivity contribution < 1.29 is 18.0 Å². The lowest BCUT2D eigenvalue weighted by Gasteiger charge is -2.11. The number of anilines is 1. The lowest BCUT2D eigenvalue weighted by Crippen LogP contribution is -2.18. The number of carbonyl (C=O) groups excluding carboxylic acids is 1. The number of benzene rings is 1. The Morgan fingerprint density at radius 2 is 2.09 bits per heavy atom. The molecule has 0 atom stereocenters. The maximum absolute atomic E-state index is 12.7. The van der Waals surface area contributed by atoms with Gasteiger partial charge in [-0.3, -0.25) is 4.79 Å². The molecule has 0 unspecified atom stereocenters. The van der Waals surface area contributed by atoms with Crippen molar-refractivity contribution in [1.82, 2.24) is 5.32 Å². The second-order valence-electron chi connectivity index (χ2n) is 4.31. The lowest BCUT2D eigenvalue weighted by atomic mass is 10.2. The summed E-state index contributed by atoms with van der Waals surface area (Å²) in [5.74, 6) is -0.416. The van der Waals surface area contributed by atoms with Crippen molar-refractivity contribution in [3.63, 3.8) is 0 Å². The Morgan fingerprint density at radius 1 is 1.39 bits per heavy atom. The number of alkyl halides is 4. The first-order valence-electron chi connectivity index (χ1n) is 6.37. The van der Waals surface area contributed by atoms with Gasteiger partial charge < -0.3 is 10.6 Å². The molecule has 124 valence electrons. The molecule has 0 aliphatic carbocycles. The highest BCUT2D eigenvalue weighted by molar-refractivity contribution is 6.31. The molecule has 4 nitrogen and oxygen atoms in total. The van der Waals surface area contributed by atoms with E-state index in [0.29, 0.717) is 24.9 Å². The summed E-state index contributed by atoms with van der Waals surface area (Å²) >= 11 is 11.0. The fourth-order valence-corrected chi connectivity index (χ4v) is 1.87. The Morgan fingerprint density at radius 3 is 2.65 bits per heavy atom. The molecule has 1 aromatic rings. The Labute approximate surface area is 140 Å². The minimum atomic E-state index is -4.64. The molecule has 0 saturated heterocycles.